The van der Waals surface area contributed by atoms with Gasteiger partial charge in [0.1, 0.15) is 5.82 Å². The summed E-state index contributed by atoms with van der Waals surface area (Å²) in [5.74, 6) is 1.04. The minimum atomic E-state index is -0.250. The highest BCUT2D eigenvalue weighted by molar-refractivity contribution is 6.31. The molecule has 1 aromatic carbocycles. The Morgan fingerprint density at radius 2 is 2.18 bits per heavy atom. The van der Waals surface area contributed by atoms with Crippen molar-refractivity contribution < 1.29 is 4.39 Å². The fraction of sp³-hybridized carbons (Fsp3) is 0.462. The molecule has 0 amide bonds. The minimum Gasteiger partial charge on any atom is -0.328 e. The first-order chi connectivity index (χ1) is 8.26. The smallest absolute Gasteiger partial charge is 0.109 e. The zero-order chi connectivity index (χ0) is 12.3. The number of aromatic nitrogens is 2. The number of fused-ring (bicyclic) bond motifs is 1. The molecule has 0 atom stereocenters. The Morgan fingerprint density at radius 1 is 1.35 bits per heavy atom. The Labute approximate surface area is 105 Å². The lowest BCUT2D eigenvalue weighted by atomic mass is 10.3. The SMILES string of the molecule is CCc1nc2cc(Cl)ccc2n1CCCCF. The second kappa shape index (κ2) is 5.50. The summed E-state index contributed by atoms with van der Waals surface area (Å²) in [5, 5.41) is 0.702. The lowest BCUT2D eigenvalue weighted by Gasteiger charge is -2.06. The molecule has 4 heteroatoms. The van der Waals surface area contributed by atoms with Crippen LogP contribution in [0.5, 0.6) is 0 Å². The highest BCUT2D eigenvalue weighted by atomic mass is 35.5. The maximum atomic E-state index is 12.1. The first-order valence-electron chi connectivity index (χ1n) is 5.97. The summed E-state index contributed by atoms with van der Waals surface area (Å²) >= 11 is 5.95. The topological polar surface area (TPSA) is 17.8 Å². The number of imidazole rings is 1. The molecule has 0 aliphatic heterocycles. The molecule has 17 heavy (non-hydrogen) atoms. The highest BCUT2D eigenvalue weighted by Crippen LogP contribution is 2.21. The molecular formula is C13H16ClFN2. The summed E-state index contributed by atoms with van der Waals surface area (Å²) in [6.45, 7) is 2.65. The fourth-order valence-corrected chi connectivity index (χ4v) is 2.20. The van der Waals surface area contributed by atoms with Gasteiger partial charge in [-0.25, -0.2) is 4.98 Å². The number of rotatable bonds is 5. The molecule has 0 aliphatic rings. The summed E-state index contributed by atoms with van der Waals surface area (Å²) < 4.78 is 14.3. The molecule has 0 aliphatic carbocycles. The molecule has 0 spiro atoms. The number of nitrogens with zero attached hydrogens (tertiary/aromatic N) is 2. The highest BCUT2D eigenvalue weighted by Gasteiger charge is 2.09. The molecule has 92 valence electrons. The quantitative estimate of drug-likeness (QED) is 0.738. The Balaban J connectivity index is 2.36. The van der Waals surface area contributed by atoms with E-state index in [0.29, 0.717) is 11.4 Å². The zero-order valence-electron chi connectivity index (χ0n) is 9.92. The van der Waals surface area contributed by atoms with E-state index in [-0.39, 0.29) is 6.67 Å². The van der Waals surface area contributed by atoms with Crippen molar-refractivity contribution in [2.45, 2.75) is 32.7 Å². The predicted octanol–water partition coefficient (Wildman–Crippen LogP) is 4.00. The number of halogens is 2. The lowest BCUT2D eigenvalue weighted by Crippen LogP contribution is -2.03. The standard InChI is InChI=1S/C13H16ClFN2/c1-2-13-16-11-9-10(14)5-6-12(11)17(13)8-4-3-7-15/h5-6,9H,2-4,7-8H2,1H3. The molecule has 2 rings (SSSR count). The van der Waals surface area contributed by atoms with Crippen LogP contribution in [0.4, 0.5) is 4.39 Å². The van der Waals surface area contributed by atoms with Gasteiger partial charge in [0, 0.05) is 18.0 Å². The second-order valence-corrected chi connectivity index (χ2v) is 4.50. The molecule has 0 fully saturated rings. The van der Waals surface area contributed by atoms with Crippen molar-refractivity contribution in [1.82, 2.24) is 9.55 Å². The normalized spacial score (nSPS) is 11.2. The average Bonchev–Trinajstić information content (AvgIpc) is 2.67. The molecule has 2 nitrogen and oxygen atoms in total. The van der Waals surface area contributed by atoms with Crippen molar-refractivity contribution in [2.24, 2.45) is 0 Å². The Morgan fingerprint density at radius 3 is 2.88 bits per heavy atom. The summed E-state index contributed by atoms with van der Waals surface area (Å²) in [6, 6.07) is 5.73. The summed E-state index contributed by atoms with van der Waals surface area (Å²) in [7, 11) is 0. The van der Waals surface area contributed by atoms with Gasteiger partial charge in [0.05, 0.1) is 17.7 Å². The average molecular weight is 255 g/mol. The fourth-order valence-electron chi connectivity index (χ4n) is 2.04. The molecule has 1 heterocycles. The van der Waals surface area contributed by atoms with Gasteiger partial charge in [-0.1, -0.05) is 18.5 Å². The van der Waals surface area contributed by atoms with Crippen molar-refractivity contribution in [3.8, 4) is 0 Å². The zero-order valence-corrected chi connectivity index (χ0v) is 10.7. The maximum Gasteiger partial charge on any atom is 0.109 e. The van der Waals surface area contributed by atoms with Crippen LogP contribution >= 0.6 is 11.6 Å². The van der Waals surface area contributed by atoms with E-state index in [9.17, 15) is 4.39 Å². The Hall–Kier alpha value is -1.09. The first kappa shape index (κ1) is 12.4. The van der Waals surface area contributed by atoms with E-state index in [4.69, 9.17) is 11.6 Å². The molecule has 0 radical (unpaired) electrons. The molecule has 0 saturated heterocycles. The van der Waals surface area contributed by atoms with Gasteiger partial charge < -0.3 is 4.57 Å². The molecule has 1 aromatic heterocycles. The predicted molar refractivity (Wildman–Crippen MR) is 69.3 cm³/mol. The Bertz CT molecular complexity index is 507. The minimum absolute atomic E-state index is 0.250. The van der Waals surface area contributed by atoms with Gasteiger partial charge in [0.2, 0.25) is 0 Å². The third-order valence-corrected chi connectivity index (χ3v) is 3.11. The van der Waals surface area contributed by atoms with Gasteiger partial charge in [-0.15, -0.1) is 0 Å². The van der Waals surface area contributed by atoms with E-state index in [1.54, 1.807) is 0 Å². The third-order valence-electron chi connectivity index (χ3n) is 2.87. The van der Waals surface area contributed by atoms with E-state index < -0.39 is 0 Å². The van der Waals surface area contributed by atoms with Crippen LogP contribution in [0.1, 0.15) is 25.6 Å². The van der Waals surface area contributed by atoms with Crippen LogP contribution in [0.3, 0.4) is 0 Å². The maximum absolute atomic E-state index is 12.1. The van der Waals surface area contributed by atoms with Gasteiger partial charge in [0.25, 0.3) is 0 Å². The van der Waals surface area contributed by atoms with E-state index in [2.05, 4.69) is 16.5 Å². The van der Waals surface area contributed by atoms with Crippen molar-refractivity contribution in [3.05, 3.63) is 29.0 Å². The Kier molecular flexibility index (Phi) is 4.00. The largest absolute Gasteiger partial charge is 0.328 e. The molecule has 0 N–H and O–H groups in total. The summed E-state index contributed by atoms with van der Waals surface area (Å²) in [4.78, 5) is 4.56. The van der Waals surface area contributed by atoms with Gasteiger partial charge in [-0.3, -0.25) is 4.39 Å². The summed E-state index contributed by atoms with van der Waals surface area (Å²) in [5.41, 5.74) is 2.01. The van der Waals surface area contributed by atoms with Crippen molar-refractivity contribution in [2.75, 3.05) is 6.67 Å². The van der Waals surface area contributed by atoms with E-state index in [0.717, 1.165) is 36.2 Å². The molecule has 0 saturated carbocycles. The van der Waals surface area contributed by atoms with E-state index >= 15 is 0 Å². The number of hydrogen-bond donors (Lipinski definition) is 0. The number of unbranched alkanes of at least 4 members (excludes halogenated alkanes) is 1. The number of hydrogen-bond acceptors (Lipinski definition) is 1. The second-order valence-electron chi connectivity index (χ2n) is 4.06. The van der Waals surface area contributed by atoms with Gasteiger partial charge in [-0.05, 0) is 31.0 Å². The van der Waals surface area contributed by atoms with Gasteiger partial charge >= 0.3 is 0 Å². The summed E-state index contributed by atoms with van der Waals surface area (Å²) in [6.07, 6.45) is 2.33. The number of aryl methyl sites for hydroxylation is 2. The molecular weight excluding hydrogens is 239 g/mol. The van der Waals surface area contributed by atoms with E-state index in [1.807, 2.05) is 18.2 Å². The van der Waals surface area contributed by atoms with Crippen LogP contribution in [-0.4, -0.2) is 16.2 Å². The van der Waals surface area contributed by atoms with Gasteiger partial charge in [0.15, 0.2) is 0 Å². The van der Waals surface area contributed by atoms with Crippen LogP contribution in [0, 0.1) is 0 Å². The van der Waals surface area contributed by atoms with Crippen molar-refractivity contribution >= 4 is 22.6 Å². The van der Waals surface area contributed by atoms with Crippen molar-refractivity contribution in [3.63, 3.8) is 0 Å². The molecule has 0 unspecified atom stereocenters. The monoisotopic (exact) mass is 254 g/mol. The van der Waals surface area contributed by atoms with Crippen LogP contribution < -0.4 is 0 Å². The molecule has 0 bridgehead atoms. The lowest BCUT2D eigenvalue weighted by molar-refractivity contribution is 0.447. The van der Waals surface area contributed by atoms with Crippen LogP contribution in [0.25, 0.3) is 11.0 Å². The van der Waals surface area contributed by atoms with Crippen LogP contribution in [0.15, 0.2) is 18.2 Å². The molecule has 2 aromatic rings. The van der Waals surface area contributed by atoms with Crippen LogP contribution in [-0.2, 0) is 13.0 Å². The number of alkyl halides is 1. The first-order valence-corrected chi connectivity index (χ1v) is 6.34. The van der Waals surface area contributed by atoms with E-state index in [1.165, 1.54) is 0 Å². The number of benzene rings is 1. The van der Waals surface area contributed by atoms with Crippen molar-refractivity contribution in [1.29, 1.82) is 0 Å². The van der Waals surface area contributed by atoms with Crippen LogP contribution in [0.2, 0.25) is 5.02 Å². The van der Waals surface area contributed by atoms with Gasteiger partial charge in [-0.2, -0.15) is 0 Å². The third kappa shape index (κ3) is 2.60.